The number of carboxylic acids is 1. The molecular formula is C44H75N13O13S. The van der Waals surface area contributed by atoms with E-state index in [1.54, 1.807) is 61.6 Å². The molecule has 1 heterocycles. The fourth-order valence-electron chi connectivity index (χ4n) is 7.34. The fraction of sp³-hybridized carbons (Fsp3) is 0.750. The number of aliphatic carboxylic acids is 1. The summed E-state index contributed by atoms with van der Waals surface area (Å²) in [7, 11) is 0. The Morgan fingerprint density at radius 3 is 1.70 bits per heavy atom. The van der Waals surface area contributed by atoms with Gasteiger partial charge in [0.2, 0.25) is 59.1 Å². The van der Waals surface area contributed by atoms with E-state index in [-0.39, 0.29) is 31.7 Å². The summed E-state index contributed by atoms with van der Waals surface area (Å²) in [4.78, 5) is 149. The second-order valence-electron chi connectivity index (χ2n) is 18.9. The van der Waals surface area contributed by atoms with Crippen LogP contribution < -0.4 is 48.3 Å². The van der Waals surface area contributed by atoms with Crippen molar-refractivity contribution in [2.24, 2.45) is 34.5 Å². The number of rotatable bonds is 30. The molecule has 10 atom stereocenters. The molecular weight excluding hydrogens is 951 g/mol. The molecule has 0 aromatic rings. The molecule has 0 aromatic carbocycles. The number of nitrogens with one attached hydrogen (secondary N) is 8. The molecule has 0 aliphatic carbocycles. The van der Waals surface area contributed by atoms with E-state index in [0.29, 0.717) is 12.2 Å². The average Bonchev–Trinajstić information content (AvgIpc) is 3.77. The van der Waals surface area contributed by atoms with Crippen LogP contribution in [0, 0.1) is 23.7 Å². The number of amides is 10. The summed E-state index contributed by atoms with van der Waals surface area (Å²) in [6.07, 6.45) is 0.464. The maximum absolute atomic E-state index is 14.3. The molecule has 0 radical (unpaired) electrons. The highest BCUT2D eigenvalue weighted by molar-refractivity contribution is 7.98. The number of azide groups is 1. The summed E-state index contributed by atoms with van der Waals surface area (Å²) in [5.41, 5.74) is 13.8. The first-order valence-electron chi connectivity index (χ1n) is 23.5. The highest BCUT2D eigenvalue weighted by Crippen LogP contribution is 2.22. The van der Waals surface area contributed by atoms with Gasteiger partial charge in [0, 0.05) is 11.5 Å². The summed E-state index contributed by atoms with van der Waals surface area (Å²) < 4.78 is 0. The molecule has 1 rings (SSSR count). The minimum atomic E-state index is -1.58. The Hall–Kier alpha value is -6.21. The quantitative estimate of drug-likeness (QED) is 0.0217. The smallest absolute Gasteiger partial charge is 0.326 e. The van der Waals surface area contributed by atoms with Crippen molar-refractivity contribution in [3.05, 3.63) is 10.4 Å². The van der Waals surface area contributed by atoms with Crippen molar-refractivity contribution >= 4 is 76.8 Å². The third-order valence-electron chi connectivity index (χ3n) is 11.3. The zero-order valence-electron chi connectivity index (χ0n) is 42.4. The Labute approximate surface area is 418 Å². The van der Waals surface area contributed by atoms with Gasteiger partial charge in [-0.25, -0.2) is 4.79 Å². The van der Waals surface area contributed by atoms with Gasteiger partial charge in [0.25, 0.3) is 0 Å². The Kier molecular flexibility index (Phi) is 27.0. The number of carbonyl (C=O) groups excluding carboxylic acids is 10. The zero-order chi connectivity index (χ0) is 54.4. The van der Waals surface area contributed by atoms with Crippen molar-refractivity contribution < 1.29 is 63.0 Å². The van der Waals surface area contributed by atoms with E-state index in [1.807, 2.05) is 0 Å². The first-order chi connectivity index (χ1) is 33.1. The van der Waals surface area contributed by atoms with Crippen LogP contribution in [0.15, 0.2) is 5.11 Å². The average molecular weight is 1030 g/mol. The van der Waals surface area contributed by atoms with E-state index in [2.05, 4.69) is 52.6 Å². The van der Waals surface area contributed by atoms with E-state index >= 15 is 0 Å². The largest absolute Gasteiger partial charge is 0.480 e. The van der Waals surface area contributed by atoms with Gasteiger partial charge < -0.3 is 63.4 Å². The molecule has 12 N–H and O–H groups in total. The maximum Gasteiger partial charge on any atom is 0.326 e. The number of likely N-dealkylation sites (tertiary alicyclic amines) is 1. The molecule has 0 bridgehead atoms. The number of thioether (sulfide) groups is 1. The molecule has 0 spiro atoms. The normalized spacial score (nSPS) is 17.2. The lowest BCUT2D eigenvalue weighted by Crippen LogP contribution is -2.61. The third-order valence-corrected chi connectivity index (χ3v) is 11.9. The summed E-state index contributed by atoms with van der Waals surface area (Å²) in [6.45, 7) is 15.2. The predicted octanol–water partition coefficient (Wildman–Crippen LogP) is -1.71. The molecule has 2 unspecified atom stereocenters. The summed E-state index contributed by atoms with van der Waals surface area (Å²) in [5, 5.41) is 42.9. The molecule has 1 aliphatic rings. The lowest BCUT2D eigenvalue weighted by Gasteiger charge is -2.32. The van der Waals surface area contributed by atoms with Gasteiger partial charge in [0.1, 0.15) is 60.9 Å². The van der Waals surface area contributed by atoms with Crippen LogP contribution >= 0.6 is 11.8 Å². The second kappa shape index (κ2) is 30.5. The van der Waals surface area contributed by atoms with E-state index < -0.39 is 156 Å². The van der Waals surface area contributed by atoms with Crippen molar-refractivity contribution in [1.29, 1.82) is 0 Å². The van der Waals surface area contributed by atoms with Crippen LogP contribution in [0.1, 0.15) is 101 Å². The molecule has 26 nitrogen and oxygen atoms in total. The number of aliphatic hydroxyl groups is 1. The zero-order valence-corrected chi connectivity index (χ0v) is 43.2. The van der Waals surface area contributed by atoms with E-state index in [4.69, 9.17) is 11.3 Å². The maximum atomic E-state index is 14.3. The first kappa shape index (κ1) is 62.8. The molecule has 0 saturated carbocycles. The van der Waals surface area contributed by atoms with Gasteiger partial charge in [0.15, 0.2) is 0 Å². The minimum Gasteiger partial charge on any atom is -0.480 e. The Bertz CT molecular complexity index is 1960. The number of carbonyl (C=O) groups is 11. The summed E-state index contributed by atoms with van der Waals surface area (Å²) >= 11 is 1.39. The van der Waals surface area contributed by atoms with Gasteiger partial charge in [-0.05, 0) is 80.7 Å². The van der Waals surface area contributed by atoms with Crippen molar-refractivity contribution in [3.8, 4) is 0 Å². The number of hydrogen-bond acceptors (Lipinski definition) is 14. The number of carboxylic acid groups (broad SMARTS) is 1. The first-order valence-corrected chi connectivity index (χ1v) is 24.9. The van der Waals surface area contributed by atoms with Crippen LogP contribution in [-0.2, 0) is 52.7 Å². The van der Waals surface area contributed by atoms with Crippen molar-refractivity contribution in [2.75, 3.05) is 25.1 Å². The topological polar surface area (TPSA) is 402 Å². The standard InChI is InChI=1S/C44H75N13O13S/c1-20(2)17-27(51-38(63)28(18-30(45)59)49-31(60)19-47-56-46)39(64)53-33(22(5)6)43(68)57-15-12-13-29(57)40(65)50-26(14-16-71-11)37(62)52-32(21(3)4)41(66)48-24(9)36(61)55-35(25(10)58)42(67)54-34(23(7)8)44(69)70/h20-29,32-35,58H,12-19H2,1-11H3,(H2,45,59)(H,48,66)(H,49,60)(H,50,65)(H,51,63)(H,52,62)(H,53,64)(H,54,67)(H,55,61)(H,69,70)/t24-,25+,26-,27-,28-,29?,32-,33-,34-,35?/m0/s1. The molecule has 10 amide bonds. The summed E-state index contributed by atoms with van der Waals surface area (Å²) in [6, 6.07) is -11.7. The lowest BCUT2D eigenvalue weighted by atomic mass is 9.98. The van der Waals surface area contributed by atoms with E-state index in [1.165, 1.54) is 30.5 Å². The van der Waals surface area contributed by atoms with Gasteiger partial charge in [0.05, 0.1) is 12.5 Å². The highest BCUT2D eigenvalue weighted by Gasteiger charge is 2.41. The molecule has 1 aliphatic heterocycles. The van der Waals surface area contributed by atoms with Crippen LogP contribution in [0.4, 0.5) is 0 Å². The molecule has 1 saturated heterocycles. The Morgan fingerprint density at radius 1 is 0.676 bits per heavy atom. The number of primary amides is 1. The van der Waals surface area contributed by atoms with Crippen molar-refractivity contribution in [1.82, 2.24) is 47.4 Å². The Morgan fingerprint density at radius 2 is 1.20 bits per heavy atom. The number of hydrogen-bond donors (Lipinski definition) is 11. The third kappa shape index (κ3) is 21.0. The lowest BCUT2D eigenvalue weighted by molar-refractivity contribution is -0.144. The fourth-order valence-corrected chi connectivity index (χ4v) is 7.81. The second-order valence-corrected chi connectivity index (χ2v) is 19.9. The SMILES string of the molecule is CSCC[C@H](NC(=O)C1CCCN1C(=O)[C@@H](NC(=O)[C@H](CC(C)C)NC(=O)[C@H](CC(N)=O)NC(=O)CN=[N+]=[N-])C(C)C)C(=O)N[C@H](C(=O)N[C@@H](C)C(=O)NC(C(=O)N[C@H](C(=O)O)C(C)C)[C@@H](C)O)C(C)C. The molecule has 1 fully saturated rings. The van der Waals surface area contributed by atoms with Gasteiger partial charge in [-0.1, -0.05) is 60.5 Å². The van der Waals surface area contributed by atoms with Crippen LogP contribution in [0.5, 0.6) is 0 Å². The van der Waals surface area contributed by atoms with Crippen LogP contribution in [0.25, 0.3) is 10.4 Å². The molecule has 400 valence electrons. The minimum absolute atomic E-state index is 0.0650. The van der Waals surface area contributed by atoms with E-state index in [9.17, 15) is 63.0 Å². The van der Waals surface area contributed by atoms with Crippen LogP contribution in [0.3, 0.4) is 0 Å². The number of nitrogens with zero attached hydrogens (tertiary/aromatic N) is 4. The van der Waals surface area contributed by atoms with Gasteiger partial charge in [-0.3, -0.25) is 47.9 Å². The highest BCUT2D eigenvalue weighted by atomic mass is 32.2. The van der Waals surface area contributed by atoms with Crippen LogP contribution in [0.2, 0.25) is 0 Å². The van der Waals surface area contributed by atoms with Crippen molar-refractivity contribution in [2.45, 2.75) is 162 Å². The van der Waals surface area contributed by atoms with Gasteiger partial charge in [-0.2, -0.15) is 11.8 Å². The van der Waals surface area contributed by atoms with Crippen LogP contribution in [-0.4, -0.2) is 166 Å². The number of aliphatic hydroxyl groups excluding tert-OH is 1. The van der Waals surface area contributed by atoms with E-state index in [0.717, 1.165) is 0 Å². The molecule has 71 heavy (non-hydrogen) atoms. The van der Waals surface area contributed by atoms with Gasteiger partial charge >= 0.3 is 5.97 Å². The van der Waals surface area contributed by atoms with Gasteiger partial charge in [-0.15, -0.1) is 0 Å². The predicted molar refractivity (Wildman–Crippen MR) is 260 cm³/mol. The van der Waals surface area contributed by atoms with Crippen molar-refractivity contribution in [3.63, 3.8) is 0 Å². The molecule has 0 aromatic heterocycles. The monoisotopic (exact) mass is 1030 g/mol. The number of nitrogens with two attached hydrogens (primary N) is 1. The summed E-state index contributed by atoms with van der Waals surface area (Å²) in [5.74, 6) is -10.9. The Balaban J connectivity index is 3.26. The molecule has 27 heteroatoms.